The van der Waals surface area contributed by atoms with Gasteiger partial charge in [0.2, 0.25) is 11.8 Å². The van der Waals surface area contributed by atoms with Gasteiger partial charge in [-0.05, 0) is 36.8 Å². The molecule has 1 aromatic heterocycles. The molecule has 2 aromatic carbocycles. The second-order valence-corrected chi connectivity index (χ2v) is 6.79. The second kappa shape index (κ2) is 7.83. The Bertz CT molecular complexity index is 1080. The summed E-state index contributed by atoms with van der Waals surface area (Å²) in [5.74, 6) is 0.279. The van der Waals surface area contributed by atoms with E-state index in [1.807, 2.05) is 24.3 Å². The smallest absolute Gasteiger partial charge is 0.227 e. The lowest BCUT2D eigenvalue weighted by Gasteiger charge is -2.16. The summed E-state index contributed by atoms with van der Waals surface area (Å²) in [4.78, 5) is 30.2. The van der Waals surface area contributed by atoms with Crippen LogP contribution in [-0.4, -0.2) is 40.2 Å². The van der Waals surface area contributed by atoms with Crippen molar-refractivity contribution in [1.82, 2.24) is 20.1 Å². The summed E-state index contributed by atoms with van der Waals surface area (Å²) in [6.45, 7) is 0.681. The first-order valence-electron chi connectivity index (χ1n) is 9.38. The highest BCUT2D eigenvalue weighted by atomic mass is 19.1. The molecule has 0 bridgehead atoms. The van der Waals surface area contributed by atoms with Crippen molar-refractivity contribution < 1.29 is 14.0 Å². The maximum atomic E-state index is 13.8. The molecular weight excluding hydrogens is 373 g/mol. The molecule has 29 heavy (non-hydrogen) atoms. The van der Waals surface area contributed by atoms with Gasteiger partial charge in [-0.1, -0.05) is 18.2 Å². The van der Waals surface area contributed by atoms with Crippen molar-refractivity contribution in [2.45, 2.75) is 19.3 Å². The van der Waals surface area contributed by atoms with E-state index < -0.39 is 5.82 Å². The van der Waals surface area contributed by atoms with Gasteiger partial charge in [-0.3, -0.25) is 9.59 Å². The lowest BCUT2D eigenvalue weighted by atomic mass is 10.1. The largest absolute Gasteiger partial charge is 0.359 e. The van der Waals surface area contributed by atoms with E-state index in [-0.39, 0.29) is 18.2 Å². The van der Waals surface area contributed by atoms with Gasteiger partial charge in [0, 0.05) is 31.3 Å². The molecule has 7 nitrogen and oxygen atoms in total. The van der Waals surface area contributed by atoms with Crippen LogP contribution in [-0.2, 0) is 16.0 Å². The number of carbonyl (C=O) groups excluding carboxylic acids is 2. The summed E-state index contributed by atoms with van der Waals surface area (Å²) < 4.78 is 15.3. The van der Waals surface area contributed by atoms with Crippen LogP contribution in [0.5, 0.6) is 0 Å². The molecular formula is C21H20FN5O2. The second-order valence-electron chi connectivity index (χ2n) is 6.79. The molecule has 0 spiro atoms. The van der Waals surface area contributed by atoms with Crippen LogP contribution in [0.3, 0.4) is 0 Å². The summed E-state index contributed by atoms with van der Waals surface area (Å²) >= 11 is 0. The molecule has 0 unspecified atom stereocenters. The number of nitrogens with one attached hydrogen (secondary N) is 1. The van der Waals surface area contributed by atoms with E-state index >= 15 is 0 Å². The SMILES string of the molecule is CNC(=O)Cc1nc(-c2cccc(N3CCCC3=O)c2)n(-c2cccc(F)c2)n1. The normalized spacial score (nSPS) is 13.7. The third kappa shape index (κ3) is 3.87. The maximum absolute atomic E-state index is 13.8. The molecule has 2 amide bonds. The lowest BCUT2D eigenvalue weighted by molar-refractivity contribution is -0.120. The Balaban J connectivity index is 1.79. The van der Waals surface area contributed by atoms with Gasteiger partial charge in [-0.15, -0.1) is 0 Å². The van der Waals surface area contributed by atoms with E-state index in [0.717, 1.165) is 17.7 Å². The number of halogens is 1. The number of hydrogen-bond donors (Lipinski definition) is 1. The van der Waals surface area contributed by atoms with E-state index in [4.69, 9.17) is 0 Å². The zero-order chi connectivity index (χ0) is 20.4. The van der Waals surface area contributed by atoms with Crippen molar-refractivity contribution in [2.75, 3.05) is 18.5 Å². The molecule has 3 aromatic rings. The van der Waals surface area contributed by atoms with Crippen LogP contribution in [0.2, 0.25) is 0 Å². The van der Waals surface area contributed by atoms with E-state index in [1.54, 1.807) is 24.1 Å². The number of rotatable bonds is 5. The van der Waals surface area contributed by atoms with Gasteiger partial charge in [-0.25, -0.2) is 14.1 Å². The van der Waals surface area contributed by atoms with Crippen LogP contribution in [0.1, 0.15) is 18.7 Å². The monoisotopic (exact) mass is 393 g/mol. The molecule has 1 aliphatic heterocycles. The Labute approximate surface area is 167 Å². The van der Waals surface area contributed by atoms with Gasteiger partial charge in [0.1, 0.15) is 5.82 Å². The van der Waals surface area contributed by atoms with E-state index in [0.29, 0.717) is 30.3 Å². The first-order chi connectivity index (χ1) is 14.0. The highest BCUT2D eigenvalue weighted by molar-refractivity contribution is 5.95. The number of anilines is 1. The van der Waals surface area contributed by atoms with E-state index in [9.17, 15) is 14.0 Å². The number of hydrogen-bond acceptors (Lipinski definition) is 4. The standard InChI is InChI=1S/C21H20FN5O2/c1-23-19(28)13-18-24-21(27(25-18)17-8-3-6-15(22)12-17)14-5-2-7-16(11-14)26-10-4-9-20(26)29/h2-3,5-8,11-12H,4,9-10,13H2,1H3,(H,23,28). The van der Waals surface area contributed by atoms with E-state index in [2.05, 4.69) is 15.4 Å². The molecule has 0 aliphatic carbocycles. The third-order valence-corrected chi connectivity index (χ3v) is 4.79. The van der Waals surface area contributed by atoms with Gasteiger partial charge in [0.05, 0.1) is 12.1 Å². The highest BCUT2D eigenvalue weighted by Crippen LogP contribution is 2.28. The highest BCUT2D eigenvalue weighted by Gasteiger charge is 2.23. The quantitative estimate of drug-likeness (QED) is 0.722. The van der Waals surface area contributed by atoms with Crippen molar-refractivity contribution >= 4 is 17.5 Å². The van der Waals surface area contributed by atoms with Crippen LogP contribution in [0.4, 0.5) is 10.1 Å². The van der Waals surface area contributed by atoms with Crippen LogP contribution < -0.4 is 10.2 Å². The first kappa shape index (κ1) is 18.8. The van der Waals surface area contributed by atoms with Crippen LogP contribution in [0, 0.1) is 5.82 Å². The van der Waals surface area contributed by atoms with Crippen molar-refractivity contribution in [3.63, 3.8) is 0 Å². The van der Waals surface area contributed by atoms with Crippen LogP contribution >= 0.6 is 0 Å². The summed E-state index contributed by atoms with van der Waals surface area (Å²) in [7, 11) is 1.54. The predicted molar refractivity (Wildman–Crippen MR) is 106 cm³/mol. The fourth-order valence-corrected chi connectivity index (χ4v) is 3.37. The molecule has 0 radical (unpaired) electrons. The Kier molecular flexibility index (Phi) is 5.07. The topological polar surface area (TPSA) is 80.1 Å². The Hall–Kier alpha value is -3.55. The molecule has 1 N–H and O–H groups in total. The zero-order valence-corrected chi connectivity index (χ0v) is 15.9. The van der Waals surface area contributed by atoms with Crippen molar-refractivity contribution in [3.05, 3.63) is 60.2 Å². The first-order valence-corrected chi connectivity index (χ1v) is 9.38. The van der Waals surface area contributed by atoms with Crippen LogP contribution in [0.15, 0.2) is 48.5 Å². The lowest BCUT2D eigenvalue weighted by Crippen LogP contribution is -2.23. The summed E-state index contributed by atoms with van der Waals surface area (Å²) in [5, 5.41) is 6.98. The number of carbonyl (C=O) groups is 2. The Morgan fingerprint density at radius 3 is 2.69 bits per heavy atom. The minimum absolute atomic E-state index is 0.0100. The number of likely N-dealkylation sites (N-methyl/N-ethyl adjacent to an activating group) is 1. The molecule has 4 rings (SSSR count). The van der Waals surface area contributed by atoms with Gasteiger partial charge in [0.15, 0.2) is 11.6 Å². The molecule has 1 saturated heterocycles. The maximum Gasteiger partial charge on any atom is 0.227 e. The number of nitrogens with zero attached hydrogens (tertiary/aromatic N) is 4. The number of amides is 2. The fourth-order valence-electron chi connectivity index (χ4n) is 3.37. The average Bonchev–Trinajstić information content (AvgIpc) is 3.34. The minimum atomic E-state index is -0.395. The predicted octanol–water partition coefficient (Wildman–Crippen LogP) is 2.49. The van der Waals surface area contributed by atoms with Crippen LogP contribution in [0.25, 0.3) is 17.1 Å². The molecule has 2 heterocycles. The molecule has 0 saturated carbocycles. The molecule has 0 atom stereocenters. The summed E-state index contributed by atoms with van der Waals surface area (Å²) in [5.41, 5.74) is 2.01. The van der Waals surface area contributed by atoms with E-state index in [1.165, 1.54) is 16.8 Å². The van der Waals surface area contributed by atoms with Gasteiger partial charge < -0.3 is 10.2 Å². The van der Waals surface area contributed by atoms with Crippen molar-refractivity contribution in [1.29, 1.82) is 0 Å². The van der Waals surface area contributed by atoms with Crippen molar-refractivity contribution in [2.24, 2.45) is 0 Å². The summed E-state index contributed by atoms with van der Waals surface area (Å²) in [6, 6.07) is 13.5. The van der Waals surface area contributed by atoms with Gasteiger partial charge in [0.25, 0.3) is 0 Å². The molecule has 1 fully saturated rings. The Morgan fingerprint density at radius 1 is 1.17 bits per heavy atom. The molecule has 1 aliphatic rings. The zero-order valence-electron chi connectivity index (χ0n) is 15.9. The number of benzene rings is 2. The van der Waals surface area contributed by atoms with Gasteiger partial charge >= 0.3 is 0 Å². The molecule has 8 heteroatoms. The fraction of sp³-hybridized carbons (Fsp3) is 0.238. The summed E-state index contributed by atoms with van der Waals surface area (Å²) in [6.07, 6.45) is 1.38. The third-order valence-electron chi connectivity index (χ3n) is 4.79. The number of aromatic nitrogens is 3. The molecule has 148 valence electrons. The minimum Gasteiger partial charge on any atom is -0.359 e. The van der Waals surface area contributed by atoms with Gasteiger partial charge in [-0.2, -0.15) is 5.10 Å². The van der Waals surface area contributed by atoms with Crippen molar-refractivity contribution in [3.8, 4) is 17.1 Å². The Morgan fingerprint density at radius 2 is 1.97 bits per heavy atom. The average molecular weight is 393 g/mol.